The third-order valence-electron chi connectivity index (χ3n) is 8.53. The first-order valence-electron chi connectivity index (χ1n) is 14.8. The van der Waals surface area contributed by atoms with Crippen molar-refractivity contribution in [3.05, 3.63) is 34.2 Å². The highest BCUT2D eigenvalue weighted by Gasteiger charge is 2.33. The van der Waals surface area contributed by atoms with Gasteiger partial charge in [0, 0.05) is 26.6 Å². The molecule has 3 aliphatic rings. The summed E-state index contributed by atoms with van der Waals surface area (Å²) < 4.78 is 14.3. The highest BCUT2D eigenvalue weighted by atomic mass is 16.6. The van der Waals surface area contributed by atoms with Gasteiger partial charge < -0.3 is 19.7 Å². The summed E-state index contributed by atoms with van der Waals surface area (Å²) in [5.41, 5.74) is 2.05. The summed E-state index contributed by atoms with van der Waals surface area (Å²) in [6.07, 6.45) is 4.67. The molecule has 3 amide bonds. The van der Waals surface area contributed by atoms with Crippen LogP contribution in [0.4, 0.5) is 4.79 Å². The topological polar surface area (TPSA) is 124 Å². The molecule has 11 nitrogen and oxygen atoms in total. The van der Waals surface area contributed by atoms with E-state index in [1.165, 1.54) is 10.1 Å². The molecule has 1 saturated carbocycles. The number of piperidine rings is 2. The minimum absolute atomic E-state index is 0.233. The molecule has 2 aliphatic heterocycles. The van der Waals surface area contributed by atoms with E-state index in [1.807, 2.05) is 26.8 Å². The Hall–Kier alpha value is -3.18. The maximum Gasteiger partial charge on any atom is 0.407 e. The Balaban J connectivity index is 1.07. The lowest BCUT2D eigenvalue weighted by Crippen LogP contribution is -2.44. The summed E-state index contributed by atoms with van der Waals surface area (Å²) in [6.45, 7) is 9.64. The van der Waals surface area contributed by atoms with Crippen molar-refractivity contribution in [1.82, 2.24) is 24.7 Å². The number of amides is 3. The van der Waals surface area contributed by atoms with Crippen LogP contribution in [-0.2, 0) is 26.1 Å². The number of fused-ring (bicyclic) bond motifs is 1. The molecule has 3 heterocycles. The highest BCUT2D eigenvalue weighted by Crippen LogP contribution is 2.34. The molecule has 41 heavy (non-hydrogen) atoms. The minimum atomic E-state index is -0.664. The SMILES string of the molecule is Cn1c(=O)n(C2CCC(=O)NC2=O)c2ccc(C3CCN(CC4CC(OCCNC(=O)OC(C)(C)C)C4)CC3)cc21. The minimum Gasteiger partial charge on any atom is -0.444 e. The van der Waals surface area contributed by atoms with Gasteiger partial charge in [0.2, 0.25) is 11.8 Å². The molecule has 5 rings (SSSR count). The summed E-state index contributed by atoms with van der Waals surface area (Å²) in [5, 5.41) is 5.10. The first kappa shape index (κ1) is 29.3. The number of imide groups is 1. The van der Waals surface area contributed by atoms with E-state index in [4.69, 9.17) is 9.47 Å². The van der Waals surface area contributed by atoms with Gasteiger partial charge in [-0.2, -0.15) is 0 Å². The van der Waals surface area contributed by atoms with E-state index < -0.39 is 23.6 Å². The molecule has 1 atom stereocenters. The van der Waals surface area contributed by atoms with Crippen molar-refractivity contribution in [3.63, 3.8) is 0 Å². The molecule has 11 heteroatoms. The summed E-state index contributed by atoms with van der Waals surface area (Å²) in [5.74, 6) is 0.378. The number of aryl methyl sites for hydroxylation is 1. The molecule has 3 fully saturated rings. The first-order valence-corrected chi connectivity index (χ1v) is 14.8. The van der Waals surface area contributed by atoms with Crippen molar-refractivity contribution in [1.29, 1.82) is 0 Å². The smallest absolute Gasteiger partial charge is 0.407 e. The van der Waals surface area contributed by atoms with Crippen LogP contribution < -0.4 is 16.3 Å². The molecular weight excluding hydrogens is 526 g/mol. The van der Waals surface area contributed by atoms with Gasteiger partial charge in [-0.1, -0.05) is 6.07 Å². The van der Waals surface area contributed by atoms with Crippen molar-refractivity contribution in [2.45, 2.75) is 83.0 Å². The average molecular weight is 570 g/mol. The van der Waals surface area contributed by atoms with Gasteiger partial charge in [0.1, 0.15) is 11.6 Å². The molecule has 1 aliphatic carbocycles. The molecule has 0 bridgehead atoms. The fraction of sp³-hybridized carbons (Fsp3) is 0.667. The van der Waals surface area contributed by atoms with E-state index in [9.17, 15) is 19.2 Å². The number of rotatable bonds is 8. The summed E-state index contributed by atoms with van der Waals surface area (Å²) in [6, 6.07) is 5.49. The second-order valence-electron chi connectivity index (χ2n) is 12.8. The van der Waals surface area contributed by atoms with E-state index in [2.05, 4.69) is 27.7 Å². The van der Waals surface area contributed by atoms with Crippen LogP contribution in [0.5, 0.6) is 0 Å². The second-order valence-corrected chi connectivity index (χ2v) is 12.8. The number of imidazole rings is 1. The van der Waals surface area contributed by atoms with Gasteiger partial charge in [-0.25, -0.2) is 9.59 Å². The second kappa shape index (κ2) is 12.0. The molecule has 0 radical (unpaired) electrons. The van der Waals surface area contributed by atoms with Crippen LogP contribution in [0.15, 0.2) is 23.0 Å². The molecule has 224 valence electrons. The van der Waals surface area contributed by atoms with Gasteiger partial charge in [-0.15, -0.1) is 0 Å². The maximum absolute atomic E-state index is 13.1. The van der Waals surface area contributed by atoms with Crippen molar-refractivity contribution in [3.8, 4) is 0 Å². The molecule has 0 spiro atoms. The van der Waals surface area contributed by atoms with Gasteiger partial charge in [-0.3, -0.25) is 24.0 Å². The van der Waals surface area contributed by atoms with Crippen LogP contribution >= 0.6 is 0 Å². The lowest BCUT2D eigenvalue weighted by atomic mass is 9.81. The average Bonchev–Trinajstić information content (AvgIpc) is 3.13. The number of benzene rings is 1. The van der Waals surface area contributed by atoms with E-state index in [-0.39, 0.29) is 24.1 Å². The van der Waals surface area contributed by atoms with Crippen molar-refractivity contribution in [2.24, 2.45) is 13.0 Å². The lowest BCUT2D eigenvalue weighted by Gasteiger charge is -2.40. The zero-order valence-corrected chi connectivity index (χ0v) is 24.6. The number of likely N-dealkylation sites (tertiary alicyclic amines) is 1. The number of hydrogen-bond donors (Lipinski definition) is 2. The Kier molecular flexibility index (Phi) is 8.56. The molecular formula is C30H43N5O6. The highest BCUT2D eigenvalue weighted by molar-refractivity contribution is 6.00. The van der Waals surface area contributed by atoms with Gasteiger partial charge in [-0.05, 0) is 95.5 Å². The summed E-state index contributed by atoms with van der Waals surface area (Å²) in [7, 11) is 1.74. The van der Waals surface area contributed by atoms with Crippen LogP contribution in [0, 0.1) is 5.92 Å². The largest absolute Gasteiger partial charge is 0.444 e. The summed E-state index contributed by atoms with van der Waals surface area (Å²) in [4.78, 5) is 51.4. The first-order chi connectivity index (χ1) is 19.5. The van der Waals surface area contributed by atoms with Crippen molar-refractivity contribution in [2.75, 3.05) is 32.8 Å². The Bertz CT molecular complexity index is 1340. The zero-order chi connectivity index (χ0) is 29.3. The van der Waals surface area contributed by atoms with Crippen molar-refractivity contribution >= 4 is 28.9 Å². The predicted molar refractivity (Wildman–Crippen MR) is 154 cm³/mol. The standard InChI is InChI=1S/C30H43N5O6/c1-30(2,3)41-28(38)31-11-14-40-22-15-19(16-22)18-34-12-9-20(10-13-34)21-5-6-23-25(17-21)33(4)29(39)35(23)24-7-8-26(36)32-27(24)37/h5-6,17,19-20,22,24H,7-16,18H2,1-4H3,(H,31,38)(H,32,36,37). The normalized spacial score (nSPS) is 24.2. The predicted octanol–water partition coefficient (Wildman–Crippen LogP) is 2.82. The monoisotopic (exact) mass is 569 g/mol. The molecule has 1 aromatic heterocycles. The van der Waals surface area contributed by atoms with Crippen LogP contribution in [-0.4, -0.2) is 76.4 Å². The number of alkyl carbamates (subject to hydrolysis) is 1. The number of aromatic nitrogens is 2. The number of carbonyl (C=O) groups is 3. The van der Waals surface area contributed by atoms with Crippen LogP contribution in [0.25, 0.3) is 11.0 Å². The zero-order valence-electron chi connectivity index (χ0n) is 24.6. The molecule has 1 aromatic carbocycles. The van der Waals surface area contributed by atoms with E-state index in [0.29, 0.717) is 31.4 Å². The van der Waals surface area contributed by atoms with E-state index in [0.717, 1.165) is 56.4 Å². The third kappa shape index (κ3) is 6.83. The van der Waals surface area contributed by atoms with E-state index in [1.54, 1.807) is 11.6 Å². The number of hydrogen-bond acceptors (Lipinski definition) is 7. The summed E-state index contributed by atoms with van der Waals surface area (Å²) >= 11 is 0. The number of nitrogens with zero attached hydrogens (tertiary/aromatic N) is 3. The Morgan fingerprint density at radius 1 is 1.07 bits per heavy atom. The fourth-order valence-electron chi connectivity index (χ4n) is 6.33. The van der Waals surface area contributed by atoms with Crippen LogP contribution in [0.3, 0.4) is 0 Å². The Morgan fingerprint density at radius 3 is 2.49 bits per heavy atom. The molecule has 1 unspecified atom stereocenters. The maximum atomic E-state index is 13.1. The number of ether oxygens (including phenoxy) is 2. The van der Waals surface area contributed by atoms with Gasteiger partial charge >= 0.3 is 11.8 Å². The quantitative estimate of drug-likeness (QED) is 0.370. The molecule has 2 aromatic rings. The van der Waals surface area contributed by atoms with Crippen molar-refractivity contribution < 1.29 is 23.9 Å². The Morgan fingerprint density at radius 2 is 1.80 bits per heavy atom. The number of carbonyl (C=O) groups excluding carboxylic acids is 3. The van der Waals surface area contributed by atoms with Gasteiger partial charge in [0.25, 0.3) is 0 Å². The third-order valence-corrected chi connectivity index (χ3v) is 8.53. The Labute approximate surface area is 240 Å². The lowest BCUT2D eigenvalue weighted by molar-refractivity contribution is -0.135. The van der Waals surface area contributed by atoms with Crippen LogP contribution in [0.1, 0.15) is 76.8 Å². The molecule has 2 N–H and O–H groups in total. The van der Waals surface area contributed by atoms with Gasteiger partial charge in [0.15, 0.2) is 0 Å². The fourth-order valence-corrected chi connectivity index (χ4v) is 6.33. The van der Waals surface area contributed by atoms with E-state index >= 15 is 0 Å². The van der Waals surface area contributed by atoms with Crippen LogP contribution in [0.2, 0.25) is 0 Å². The van der Waals surface area contributed by atoms with Gasteiger partial charge in [0.05, 0.1) is 23.7 Å². The number of nitrogens with one attached hydrogen (secondary N) is 2. The molecule has 2 saturated heterocycles.